The van der Waals surface area contributed by atoms with Crippen molar-refractivity contribution in [2.24, 2.45) is 0 Å². The Kier molecular flexibility index (Phi) is 8.38. The minimum absolute atomic E-state index is 0.390. The molecule has 108 valence electrons. The van der Waals surface area contributed by atoms with Gasteiger partial charge in [-0.1, -0.05) is 0 Å². The number of hydrogen-bond acceptors (Lipinski definition) is 4. The Labute approximate surface area is 119 Å². The fraction of sp³-hybridized carbons (Fsp3) is 0.571. The minimum Gasteiger partial charge on any atom is -0.497 e. The molecule has 1 rings (SSSR count). The SMILES string of the molecule is COCCCOCCOc1ccc(OC)cc1CCl. The van der Waals surface area contributed by atoms with E-state index < -0.39 is 0 Å². The van der Waals surface area contributed by atoms with Crippen molar-refractivity contribution in [3.8, 4) is 11.5 Å². The summed E-state index contributed by atoms with van der Waals surface area (Å²) in [5.41, 5.74) is 0.917. The highest BCUT2D eigenvalue weighted by molar-refractivity contribution is 6.17. The number of hydrogen-bond donors (Lipinski definition) is 0. The van der Waals surface area contributed by atoms with Gasteiger partial charge in [-0.3, -0.25) is 0 Å². The Morgan fingerprint density at radius 3 is 2.58 bits per heavy atom. The van der Waals surface area contributed by atoms with Crippen LogP contribution in [-0.4, -0.2) is 40.6 Å². The van der Waals surface area contributed by atoms with Crippen molar-refractivity contribution >= 4 is 11.6 Å². The van der Waals surface area contributed by atoms with Crippen LogP contribution in [0.25, 0.3) is 0 Å². The average Bonchev–Trinajstić information content (AvgIpc) is 2.46. The lowest BCUT2D eigenvalue weighted by molar-refractivity contribution is 0.0804. The fourth-order valence-electron chi connectivity index (χ4n) is 1.55. The number of rotatable bonds is 10. The monoisotopic (exact) mass is 288 g/mol. The van der Waals surface area contributed by atoms with E-state index in [2.05, 4.69) is 0 Å². The van der Waals surface area contributed by atoms with Gasteiger partial charge in [0.2, 0.25) is 0 Å². The van der Waals surface area contributed by atoms with E-state index in [1.54, 1.807) is 14.2 Å². The lowest BCUT2D eigenvalue weighted by Crippen LogP contribution is -2.09. The zero-order chi connectivity index (χ0) is 13.9. The predicted octanol–water partition coefficient (Wildman–Crippen LogP) is 2.87. The maximum Gasteiger partial charge on any atom is 0.124 e. The largest absolute Gasteiger partial charge is 0.497 e. The highest BCUT2D eigenvalue weighted by atomic mass is 35.5. The molecule has 1 aromatic carbocycles. The maximum atomic E-state index is 5.88. The molecule has 0 N–H and O–H groups in total. The summed E-state index contributed by atoms with van der Waals surface area (Å²) in [5, 5.41) is 0. The molecule has 0 saturated heterocycles. The molecule has 19 heavy (non-hydrogen) atoms. The summed E-state index contributed by atoms with van der Waals surface area (Å²) in [6, 6.07) is 5.59. The third-order valence-electron chi connectivity index (χ3n) is 2.53. The second kappa shape index (κ2) is 9.89. The first-order valence-electron chi connectivity index (χ1n) is 6.24. The van der Waals surface area contributed by atoms with E-state index in [1.165, 1.54) is 0 Å². The van der Waals surface area contributed by atoms with Gasteiger partial charge in [-0.05, 0) is 24.6 Å². The van der Waals surface area contributed by atoms with E-state index in [-0.39, 0.29) is 0 Å². The van der Waals surface area contributed by atoms with Crippen LogP contribution in [0.2, 0.25) is 0 Å². The summed E-state index contributed by atoms with van der Waals surface area (Å²) < 4.78 is 21.1. The predicted molar refractivity (Wildman–Crippen MR) is 75.4 cm³/mol. The summed E-state index contributed by atoms with van der Waals surface area (Å²) in [7, 11) is 3.31. The molecule has 0 atom stereocenters. The fourth-order valence-corrected chi connectivity index (χ4v) is 1.75. The third-order valence-corrected chi connectivity index (χ3v) is 2.82. The third kappa shape index (κ3) is 6.14. The van der Waals surface area contributed by atoms with Crippen molar-refractivity contribution in [2.45, 2.75) is 12.3 Å². The molecule has 0 amide bonds. The van der Waals surface area contributed by atoms with Crippen molar-refractivity contribution in [2.75, 3.05) is 40.6 Å². The van der Waals surface area contributed by atoms with Gasteiger partial charge in [0, 0.05) is 25.9 Å². The molecule has 0 heterocycles. The zero-order valence-corrected chi connectivity index (χ0v) is 12.2. The number of benzene rings is 1. The second-order valence-electron chi connectivity index (χ2n) is 3.91. The summed E-state index contributed by atoms with van der Waals surface area (Å²) in [5.74, 6) is 1.94. The van der Waals surface area contributed by atoms with Gasteiger partial charge < -0.3 is 18.9 Å². The van der Waals surface area contributed by atoms with E-state index in [0.29, 0.717) is 25.7 Å². The van der Waals surface area contributed by atoms with Crippen LogP contribution >= 0.6 is 11.6 Å². The Balaban J connectivity index is 2.28. The van der Waals surface area contributed by atoms with Crippen molar-refractivity contribution in [3.05, 3.63) is 23.8 Å². The van der Waals surface area contributed by atoms with Crippen molar-refractivity contribution in [3.63, 3.8) is 0 Å². The Bertz CT molecular complexity index is 357. The molecule has 0 spiro atoms. The second-order valence-corrected chi connectivity index (χ2v) is 4.18. The van der Waals surface area contributed by atoms with E-state index in [0.717, 1.165) is 30.1 Å². The van der Waals surface area contributed by atoms with Crippen LogP contribution < -0.4 is 9.47 Å². The van der Waals surface area contributed by atoms with Gasteiger partial charge >= 0.3 is 0 Å². The summed E-state index contributed by atoms with van der Waals surface area (Å²) in [6.07, 6.45) is 0.895. The molecule has 0 aromatic heterocycles. The Hall–Kier alpha value is -0.970. The quantitative estimate of drug-likeness (QED) is 0.490. The number of alkyl halides is 1. The number of halogens is 1. The molecular formula is C14H21ClO4. The van der Waals surface area contributed by atoms with E-state index in [9.17, 15) is 0 Å². The molecule has 1 aromatic rings. The molecule has 0 aliphatic heterocycles. The van der Waals surface area contributed by atoms with Crippen molar-refractivity contribution in [1.82, 2.24) is 0 Å². The zero-order valence-electron chi connectivity index (χ0n) is 11.5. The lowest BCUT2D eigenvalue weighted by atomic mass is 10.2. The topological polar surface area (TPSA) is 36.9 Å². The van der Waals surface area contributed by atoms with E-state index in [4.69, 9.17) is 30.5 Å². The van der Waals surface area contributed by atoms with Crippen LogP contribution in [0.3, 0.4) is 0 Å². The summed E-state index contributed by atoms with van der Waals surface area (Å²) in [4.78, 5) is 0. The van der Waals surface area contributed by atoms with Gasteiger partial charge in [-0.2, -0.15) is 0 Å². The van der Waals surface area contributed by atoms with Crippen LogP contribution in [-0.2, 0) is 15.4 Å². The van der Waals surface area contributed by atoms with Crippen molar-refractivity contribution in [1.29, 1.82) is 0 Å². The van der Waals surface area contributed by atoms with Crippen LogP contribution in [0.1, 0.15) is 12.0 Å². The summed E-state index contributed by atoms with van der Waals surface area (Å²) >= 11 is 5.88. The van der Waals surface area contributed by atoms with Gasteiger partial charge in [0.1, 0.15) is 18.1 Å². The molecule has 0 fully saturated rings. The molecule has 0 aliphatic rings. The van der Waals surface area contributed by atoms with Crippen LogP contribution in [0.15, 0.2) is 18.2 Å². The lowest BCUT2D eigenvalue weighted by Gasteiger charge is -2.11. The van der Waals surface area contributed by atoms with E-state index >= 15 is 0 Å². The maximum absolute atomic E-state index is 5.88. The highest BCUT2D eigenvalue weighted by Gasteiger charge is 2.04. The van der Waals surface area contributed by atoms with Crippen LogP contribution in [0.5, 0.6) is 11.5 Å². The number of methoxy groups -OCH3 is 2. The number of ether oxygens (including phenoxy) is 4. The first kappa shape index (κ1) is 16.1. The smallest absolute Gasteiger partial charge is 0.124 e. The first-order valence-corrected chi connectivity index (χ1v) is 6.77. The highest BCUT2D eigenvalue weighted by Crippen LogP contribution is 2.25. The molecule has 4 nitrogen and oxygen atoms in total. The Morgan fingerprint density at radius 1 is 1.05 bits per heavy atom. The van der Waals surface area contributed by atoms with Gasteiger partial charge in [0.15, 0.2) is 0 Å². The molecule has 0 aliphatic carbocycles. The van der Waals surface area contributed by atoms with Crippen molar-refractivity contribution < 1.29 is 18.9 Å². The van der Waals surface area contributed by atoms with Gasteiger partial charge in [0.05, 0.1) is 19.6 Å². The summed E-state index contributed by atoms with van der Waals surface area (Å²) in [6.45, 7) is 2.46. The van der Waals surface area contributed by atoms with Gasteiger partial charge in [0.25, 0.3) is 0 Å². The average molecular weight is 289 g/mol. The van der Waals surface area contributed by atoms with Gasteiger partial charge in [-0.25, -0.2) is 0 Å². The molecule has 0 saturated carbocycles. The van der Waals surface area contributed by atoms with E-state index in [1.807, 2.05) is 18.2 Å². The van der Waals surface area contributed by atoms with Crippen LogP contribution in [0, 0.1) is 0 Å². The standard InChI is InChI=1S/C14H21ClO4/c1-16-6-3-7-18-8-9-19-14-5-4-13(17-2)10-12(14)11-15/h4-5,10H,3,6-9,11H2,1-2H3. The normalized spacial score (nSPS) is 10.5. The minimum atomic E-state index is 0.390. The molecule has 0 radical (unpaired) electrons. The molecule has 0 bridgehead atoms. The molecule has 0 unspecified atom stereocenters. The molecular weight excluding hydrogens is 268 g/mol. The Morgan fingerprint density at radius 2 is 1.89 bits per heavy atom. The first-order chi connectivity index (χ1) is 9.31. The molecule has 5 heteroatoms. The van der Waals surface area contributed by atoms with Crippen LogP contribution in [0.4, 0.5) is 0 Å². The van der Waals surface area contributed by atoms with Gasteiger partial charge in [-0.15, -0.1) is 11.6 Å².